The van der Waals surface area contributed by atoms with E-state index < -0.39 is 0 Å². The summed E-state index contributed by atoms with van der Waals surface area (Å²) < 4.78 is 1.84. The molecule has 0 spiro atoms. The average Bonchev–Trinajstić information content (AvgIpc) is 2.43. The minimum atomic E-state index is 0.891. The first-order valence-electron chi connectivity index (χ1n) is 4.42. The summed E-state index contributed by atoms with van der Waals surface area (Å²) in [7, 11) is 0. The third kappa shape index (κ3) is 1.66. The molecule has 1 heterocycles. The van der Waals surface area contributed by atoms with Gasteiger partial charge in [0.15, 0.2) is 5.70 Å². The van der Waals surface area contributed by atoms with Gasteiger partial charge < -0.3 is 0 Å². The van der Waals surface area contributed by atoms with E-state index in [-0.39, 0.29) is 0 Å². The van der Waals surface area contributed by atoms with Crippen molar-refractivity contribution in [3.05, 3.63) is 36.2 Å². The summed E-state index contributed by atoms with van der Waals surface area (Å²) in [5.74, 6) is 0.989. The lowest BCUT2D eigenvalue weighted by atomic mass is 10.3. The van der Waals surface area contributed by atoms with Gasteiger partial charge in [0.25, 0.3) is 0 Å². The van der Waals surface area contributed by atoms with Gasteiger partial charge in [-0.2, -0.15) is 0 Å². The van der Waals surface area contributed by atoms with Crippen LogP contribution in [0.3, 0.4) is 0 Å². The number of aliphatic imine (C=N–C) groups is 1. The molecule has 68 valence electrons. The van der Waals surface area contributed by atoms with Crippen LogP contribution in [-0.2, 0) is 0 Å². The zero-order valence-corrected chi connectivity index (χ0v) is 8.25. The predicted molar refractivity (Wildman–Crippen MR) is 57.1 cm³/mol. The summed E-state index contributed by atoms with van der Waals surface area (Å²) in [6.07, 6.45) is 6.61. The Labute approximate surface area is 79.3 Å². The lowest BCUT2D eigenvalue weighted by Crippen LogP contribution is -2.12. The fraction of sp³-hybridized carbons (Fsp3) is 0.273. The van der Waals surface area contributed by atoms with E-state index in [1.54, 1.807) is 6.08 Å². The molecule has 2 nitrogen and oxygen atoms in total. The molecule has 0 aromatic heterocycles. The summed E-state index contributed by atoms with van der Waals surface area (Å²) >= 11 is 0. The number of hydrogen-bond donors (Lipinski definition) is 0. The SMILES string of the molecule is C=CC1=C(/C=C\C)N=C(CC)[N+]1=C. The molecular weight excluding hydrogens is 160 g/mol. The van der Waals surface area contributed by atoms with Gasteiger partial charge in [-0.25, -0.2) is 4.58 Å². The predicted octanol–water partition coefficient (Wildman–Crippen LogP) is 2.50. The van der Waals surface area contributed by atoms with E-state index in [4.69, 9.17) is 0 Å². The highest BCUT2D eigenvalue weighted by Gasteiger charge is 2.26. The summed E-state index contributed by atoms with van der Waals surface area (Å²) in [5.41, 5.74) is 1.93. The Balaban J connectivity index is 3.10. The first-order valence-corrected chi connectivity index (χ1v) is 4.42. The van der Waals surface area contributed by atoms with Gasteiger partial charge in [-0.05, 0) is 24.1 Å². The molecule has 1 aliphatic rings. The van der Waals surface area contributed by atoms with Crippen molar-refractivity contribution < 1.29 is 4.58 Å². The van der Waals surface area contributed by atoms with E-state index in [0.29, 0.717) is 0 Å². The largest absolute Gasteiger partial charge is 0.303 e. The minimum absolute atomic E-state index is 0.891. The number of allylic oxidation sites excluding steroid dienone is 3. The van der Waals surface area contributed by atoms with Crippen molar-refractivity contribution >= 4 is 12.6 Å². The van der Waals surface area contributed by atoms with Crippen LogP contribution in [0.25, 0.3) is 0 Å². The molecule has 0 fully saturated rings. The molecule has 0 saturated carbocycles. The van der Waals surface area contributed by atoms with Crippen molar-refractivity contribution in [2.45, 2.75) is 20.3 Å². The van der Waals surface area contributed by atoms with E-state index in [0.717, 1.165) is 23.7 Å². The molecule has 13 heavy (non-hydrogen) atoms. The smallest absolute Gasteiger partial charge is 0.203 e. The lowest BCUT2D eigenvalue weighted by Gasteiger charge is -1.94. The van der Waals surface area contributed by atoms with Crippen molar-refractivity contribution in [1.82, 2.24) is 0 Å². The van der Waals surface area contributed by atoms with Gasteiger partial charge in [0, 0.05) is 0 Å². The molecule has 1 aliphatic heterocycles. The van der Waals surface area contributed by atoms with Gasteiger partial charge >= 0.3 is 5.84 Å². The normalized spacial score (nSPS) is 17.1. The van der Waals surface area contributed by atoms with Gasteiger partial charge in [0.2, 0.25) is 5.70 Å². The molecule has 0 unspecified atom stereocenters. The third-order valence-corrected chi connectivity index (χ3v) is 1.95. The van der Waals surface area contributed by atoms with Crippen molar-refractivity contribution in [2.75, 3.05) is 0 Å². The van der Waals surface area contributed by atoms with Crippen molar-refractivity contribution in [2.24, 2.45) is 4.99 Å². The zero-order valence-electron chi connectivity index (χ0n) is 8.25. The van der Waals surface area contributed by atoms with E-state index in [9.17, 15) is 0 Å². The van der Waals surface area contributed by atoms with Crippen LogP contribution in [-0.4, -0.2) is 17.1 Å². The van der Waals surface area contributed by atoms with Crippen molar-refractivity contribution in [1.29, 1.82) is 0 Å². The fourth-order valence-electron chi connectivity index (χ4n) is 1.30. The molecule has 0 saturated heterocycles. The van der Waals surface area contributed by atoms with Gasteiger partial charge in [0.1, 0.15) is 0 Å². The molecule has 0 aromatic carbocycles. The molecule has 1 rings (SSSR count). The highest BCUT2D eigenvalue weighted by molar-refractivity contribution is 5.80. The number of rotatable bonds is 3. The van der Waals surface area contributed by atoms with Crippen LogP contribution in [0, 0.1) is 0 Å². The van der Waals surface area contributed by atoms with E-state index in [1.165, 1.54) is 0 Å². The Hall–Kier alpha value is -1.44. The topological polar surface area (TPSA) is 15.4 Å². The number of hydrogen-bond acceptors (Lipinski definition) is 1. The molecule has 0 amide bonds. The molecule has 0 radical (unpaired) electrons. The van der Waals surface area contributed by atoms with Crippen LogP contribution >= 0.6 is 0 Å². The van der Waals surface area contributed by atoms with Crippen LogP contribution in [0.15, 0.2) is 41.2 Å². The second-order valence-corrected chi connectivity index (χ2v) is 2.78. The Morgan fingerprint density at radius 1 is 1.54 bits per heavy atom. The first-order chi connectivity index (χ1) is 6.24. The van der Waals surface area contributed by atoms with Crippen molar-refractivity contribution in [3.8, 4) is 0 Å². The summed E-state index contributed by atoms with van der Waals surface area (Å²) in [4.78, 5) is 4.43. The maximum Gasteiger partial charge on any atom is 0.303 e. The molecule has 0 aromatic rings. The standard InChI is InChI=1S/C11H15N2/c1-5-8-9-10(6-2)13(4)11(7-3)12-9/h5-6,8H,2,4,7H2,1,3H3/q+1/b8-5-. The Morgan fingerprint density at radius 2 is 2.23 bits per heavy atom. The van der Waals surface area contributed by atoms with Crippen molar-refractivity contribution in [3.63, 3.8) is 0 Å². The van der Waals surface area contributed by atoms with Gasteiger partial charge in [-0.15, -0.1) is 0 Å². The molecule has 0 bridgehead atoms. The van der Waals surface area contributed by atoms with Gasteiger partial charge in [0.05, 0.1) is 13.1 Å². The fourth-order valence-corrected chi connectivity index (χ4v) is 1.30. The van der Waals surface area contributed by atoms with Gasteiger partial charge in [-0.3, -0.25) is 0 Å². The Morgan fingerprint density at radius 3 is 2.69 bits per heavy atom. The highest BCUT2D eigenvalue weighted by atomic mass is 15.1. The third-order valence-electron chi connectivity index (χ3n) is 1.95. The summed E-state index contributed by atoms with van der Waals surface area (Å²) in [6, 6.07) is 0. The van der Waals surface area contributed by atoms with Gasteiger partial charge in [-0.1, -0.05) is 19.6 Å². The quantitative estimate of drug-likeness (QED) is 0.586. The minimum Gasteiger partial charge on any atom is -0.203 e. The summed E-state index contributed by atoms with van der Waals surface area (Å²) in [6.45, 7) is 11.7. The Bertz CT molecular complexity index is 330. The molecule has 0 aliphatic carbocycles. The van der Waals surface area contributed by atoms with Crippen LogP contribution < -0.4 is 0 Å². The second-order valence-electron chi connectivity index (χ2n) is 2.78. The monoisotopic (exact) mass is 175 g/mol. The number of amidine groups is 1. The maximum absolute atomic E-state index is 4.43. The van der Waals surface area contributed by atoms with Crippen LogP contribution in [0.4, 0.5) is 0 Å². The number of nitrogens with zero attached hydrogens (tertiary/aromatic N) is 2. The van der Waals surface area contributed by atoms with E-state index >= 15 is 0 Å². The second kappa shape index (κ2) is 3.99. The zero-order chi connectivity index (χ0) is 9.84. The summed E-state index contributed by atoms with van der Waals surface area (Å²) in [5, 5.41) is 0. The molecule has 0 atom stereocenters. The lowest BCUT2D eigenvalue weighted by molar-refractivity contribution is -0.330. The first kappa shape index (κ1) is 9.65. The molecular formula is C11H15N2+. The highest BCUT2D eigenvalue weighted by Crippen LogP contribution is 2.19. The van der Waals surface area contributed by atoms with Crippen LogP contribution in [0.5, 0.6) is 0 Å². The van der Waals surface area contributed by atoms with E-state index in [2.05, 4.69) is 25.2 Å². The maximum atomic E-state index is 4.43. The molecule has 0 N–H and O–H groups in total. The van der Waals surface area contributed by atoms with Crippen LogP contribution in [0.1, 0.15) is 20.3 Å². The average molecular weight is 175 g/mol. The van der Waals surface area contributed by atoms with Crippen LogP contribution in [0.2, 0.25) is 0 Å². The Kier molecular flexibility index (Phi) is 2.96. The van der Waals surface area contributed by atoms with E-state index in [1.807, 2.05) is 23.7 Å². The molecule has 2 heteroatoms.